The van der Waals surface area contributed by atoms with Crippen LogP contribution in [0.3, 0.4) is 0 Å². The molecule has 0 spiro atoms. The summed E-state index contributed by atoms with van der Waals surface area (Å²) in [5, 5.41) is 5.13. The Labute approximate surface area is 180 Å². The highest BCUT2D eigenvalue weighted by molar-refractivity contribution is 7.10. The number of amides is 3. The minimum Gasteiger partial charge on any atom is -0.348 e. The van der Waals surface area contributed by atoms with Crippen LogP contribution in [-0.4, -0.2) is 34.8 Å². The van der Waals surface area contributed by atoms with E-state index >= 15 is 0 Å². The minimum atomic E-state index is -0.728. The molecule has 0 aliphatic carbocycles. The van der Waals surface area contributed by atoms with Crippen LogP contribution in [0.25, 0.3) is 0 Å². The van der Waals surface area contributed by atoms with Crippen LogP contribution in [0.4, 0.5) is 5.69 Å². The van der Waals surface area contributed by atoms with E-state index in [-0.39, 0.29) is 42.6 Å². The van der Waals surface area contributed by atoms with E-state index in [1.807, 2.05) is 36.6 Å². The van der Waals surface area contributed by atoms with Crippen LogP contribution in [0.2, 0.25) is 0 Å². The number of anilines is 1. The number of hydrogen-bond donors (Lipinski definition) is 1. The number of nitrogens with one attached hydrogen (secondary N) is 1. The van der Waals surface area contributed by atoms with Crippen molar-refractivity contribution in [1.82, 2.24) is 10.2 Å². The molecule has 0 saturated carbocycles. The molecule has 1 N–H and O–H groups in total. The van der Waals surface area contributed by atoms with Gasteiger partial charge in [-0.3, -0.25) is 19.3 Å². The summed E-state index contributed by atoms with van der Waals surface area (Å²) in [6.45, 7) is 6.36. The molecule has 3 amide bonds. The van der Waals surface area contributed by atoms with Crippen LogP contribution in [0.15, 0.2) is 41.8 Å². The fourth-order valence-corrected chi connectivity index (χ4v) is 5.48. The van der Waals surface area contributed by atoms with Gasteiger partial charge < -0.3 is 10.2 Å². The van der Waals surface area contributed by atoms with E-state index in [2.05, 4.69) is 19.2 Å². The van der Waals surface area contributed by atoms with Crippen molar-refractivity contribution in [3.8, 4) is 0 Å². The molecule has 2 aromatic rings. The largest absolute Gasteiger partial charge is 0.348 e. The molecule has 0 bridgehead atoms. The van der Waals surface area contributed by atoms with Crippen molar-refractivity contribution in [1.29, 1.82) is 0 Å². The molecule has 2 aliphatic heterocycles. The standard InChI is InChI=1S/C23H27N3O3S/c1-15(2)21(18-9-6-14-30-18)24-19(27)11-13-25-22(29)16-7-4-5-8-17(16)26-20(28)10-12-23(25,26)3/h4-9,14-15,21H,10-13H2,1-3H3,(H,24,27)/t21-,23-/m1/s1. The van der Waals surface area contributed by atoms with Gasteiger partial charge in [-0.05, 0) is 42.8 Å². The Morgan fingerprint density at radius 1 is 1.20 bits per heavy atom. The van der Waals surface area contributed by atoms with E-state index in [0.29, 0.717) is 24.1 Å². The predicted molar refractivity (Wildman–Crippen MR) is 117 cm³/mol. The molecule has 158 valence electrons. The third kappa shape index (κ3) is 3.41. The SMILES string of the molecule is CC(C)[C@@H](NC(=O)CCN1C(=O)c2ccccc2N2C(=O)CC[C@]12C)c1cccs1. The van der Waals surface area contributed by atoms with Crippen molar-refractivity contribution < 1.29 is 14.4 Å². The molecule has 1 fully saturated rings. The minimum absolute atomic E-state index is 0.0180. The van der Waals surface area contributed by atoms with Gasteiger partial charge in [0.25, 0.3) is 5.91 Å². The Bertz CT molecular complexity index is 972. The summed E-state index contributed by atoms with van der Waals surface area (Å²) < 4.78 is 0. The number of para-hydroxylation sites is 1. The summed E-state index contributed by atoms with van der Waals surface area (Å²) in [6.07, 6.45) is 1.16. The first-order valence-electron chi connectivity index (χ1n) is 10.4. The monoisotopic (exact) mass is 425 g/mol. The number of thiophene rings is 1. The summed E-state index contributed by atoms with van der Waals surface area (Å²) in [6, 6.07) is 11.2. The highest BCUT2D eigenvalue weighted by Crippen LogP contribution is 2.44. The predicted octanol–water partition coefficient (Wildman–Crippen LogP) is 3.95. The van der Waals surface area contributed by atoms with Crippen LogP contribution in [0.1, 0.15) is 61.3 Å². The maximum absolute atomic E-state index is 13.3. The van der Waals surface area contributed by atoms with Gasteiger partial charge in [-0.2, -0.15) is 0 Å². The molecule has 0 radical (unpaired) electrons. The smallest absolute Gasteiger partial charge is 0.257 e. The lowest BCUT2D eigenvalue weighted by atomic mass is 9.98. The molecular weight excluding hydrogens is 398 g/mol. The molecule has 7 heteroatoms. The number of fused-ring (bicyclic) bond motifs is 3. The van der Waals surface area contributed by atoms with E-state index in [1.54, 1.807) is 33.3 Å². The van der Waals surface area contributed by atoms with Gasteiger partial charge in [0.05, 0.1) is 17.3 Å². The van der Waals surface area contributed by atoms with Gasteiger partial charge in [0.2, 0.25) is 11.8 Å². The lowest BCUT2D eigenvalue weighted by molar-refractivity contribution is -0.122. The van der Waals surface area contributed by atoms with E-state index < -0.39 is 5.66 Å². The van der Waals surface area contributed by atoms with Gasteiger partial charge in [0.1, 0.15) is 5.66 Å². The molecule has 2 atom stereocenters. The van der Waals surface area contributed by atoms with E-state index in [9.17, 15) is 14.4 Å². The molecule has 1 aromatic heterocycles. The number of rotatable bonds is 6. The second-order valence-electron chi connectivity index (χ2n) is 8.47. The summed E-state index contributed by atoms with van der Waals surface area (Å²) in [4.78, 5) is 43.2. The van der Waals surface area contributed by atoms with Gasteiger partial charge >= 0.3 is 0 Å². The third-order valence-electron chi connectivity index (χ3n) is 6.14. The van der Waals surface area contributed by atoms with Crippen molar-refractivity contribution >= 4 is 34.7 Å². The second kappa shape index (κ2) is 7.87. The number of benzene rings is 1. The summed E-state index contributed by atoms with van der Waals surface area (Å²) in [5.41, 5.74) is 0.462. The Kier molecular flexibility index (Phi) is 5.40. The molecule has 3 heterocycles. The fourth-order valence-electron chi connectivity index (χ4n) is 4.54. The average Bonchev–Trinajstić information content (AvgIpc) is 3.34. The first-order chi connectivity index (χ1) is 14.3. The highest BCUT2D eigenvalue weighted by Gasteiger charge is 2.52. The Balaban J connectivity index is 1.52. The van der Waals surface area contributed by atoms with E-state index in [0.717, 1.165) is 4.88 Å². The number of nitrogens with zero attached hydrogens (tertiary/aromatic N) is 2. The van der Waals surface area contributed by atoms with Gasteiger partial charge in [0.15, 0.2) is 0 Å². The van der Waals surface area contributed by atoms with Crippen molar-refractivity contribution in [2.75, 3.05) is 11.4 Å². The zero-order valence-corrected chi connectivity index (χ0v) is 18.4. The Morgan fingerprint density at radius 3 is 2.67 bits per heavy atom. The van der Waals surface area contributed by atoms with E-state index in [1.165, 1.54) is 0 Å². The van der Waals surface area contributed by atoms with Gasteiger partial charge in [-0.1, -0.05) is 32.0 Å². The van der Waals surface area contributed by atoms with Crippen LogP contribution in [-0.2, 0) is 9.59 Å². The Hall–Kier alpha value is -2.67. The first kappa shape index (κ1) is 20.6. The molecule has 4 rings (SSSR count). The zero-order valence-electron chi connectivity index (χ0n) is 17.6. The van der Waals surface area contributed by atoms with Crippen LogP contribution < -0.4 is 10.2 Å². The fraction of sp³-hybridized carbons (Fsp3) is 0.435. The van der Waals surface area contributed by atoms with Crippen LogP contribution in [0, 0.1) is 5.92 Å². The second-order valence-corrected chi connectivity index (χ2v) is 9.45. The van der Waals surface area contributed by atoms with Crippen molar-refractivity contribution in [3.63, 3.8) is 0 Å². The maximum Gasteiger partial charge on any atom is 0.257 e. The maximum atomic E-state index is 13.3. The number of carbonyl (C=O) groups excluding carboxylic acids is 3. The van der Waals surface area contributed by atoms with Crippen molar-refractivity contribution in [2.45, 2.75) is 51.7 Å². The quantitative estimate of drug-likeness (QED) is 0.762. The lowest BCUT2D eigenvalue weighted by Gasteiger charge is -2.48. The van der Waals surface area contributed by atoms with Crippen LogP contribution >= 0.6 is 11.3 Å². The van der Waals surface area contributed by atoms with Gasteiger partial charge in [-0.25, -0.2) is 0 Å². The number of carbonyl (C=O) groups is 3. The summed E-state index contributed by atoms with van der Waals surface area (Å²) >= 11 is 1.63. The molecule has 6 nitrogen and oxygen atoms in total. The average molecular weight is 426 g/mol. The topological polar surface area (TPSA) is 69.7 Å². The van der Waals surface area contributed by atoms with Gasteiger partial charge in [-0.15, -0.1) is 11.3 Å². The summed E-state index contributed by atoms with van der Waals surface area (Å²) in [7, 11) is 0. The highest BCUT2D eigenvalue weighted by atomic mass is 32.1. The molecule has 1 aromatic carbocycles. The number of hydrogen-bond acceptors (Lipinski definition) is 4. The van der Waals surface area contributed by atoms with Crippen molar-refractivity contribution in [2.24, 2.45) is 5.92 Å². The normalized spacial score (nSPS) is 21.6. The molecule has 1 saturated heterocycles. The molecule has 2 aliphatic rings. The molecule has 0 unspecified atom stereocenters. The van der Waals surface area contributed by atoms with Crippen LogP contribution in [0.5, 0.6) is 0 Å². The van der Waals surface area contributed by atoms with Gasteiger partial charge in [0, 0.05) is 24.3 Å². The molecular formula is C23H27N3O3S. The van der Waals surface area contributed by atoms with E-state index in [4.69, 9.17) is 0 Å². The van der Waals surface area contributed by atoms with Crippen molar-refractivity contribution in [3.05, 3.63) is 52.2 Å². The third-order valence-corrected chi connectivity index (χ3v) is 7.10. The summed E-state index contributed by atoms with van der Waals surface area (Å²) in [5.74, 6) is 0.0692. The Morgan fingerprint density at radius 2 is 1.97 bits per heavy atom. The molecule has 30 heavy (non-hydrogen) atoms. The zero-order chi connectivity index (χ0) is 21.5. The lowest BCUT2D eigenvalue weighted by Crippen LogP contribution is -2.62. The first-order valence-corrected chi connectivity index (χ1v) is 11.3.